The molecule has 0 aliphatic carbocycles. The Hall–Kier alpha value is -2.46. The Morgan fingerprint density at radius 3 is 2.20 bits per heavy atom. The van der Waals surface area contributed by atoms with Gasteiger partial charge in [0.25, 0.3) is 0 Å². The third-order valence-corrected chi connectivity index (χ3v) is 8.67. The molecule has 9 heteroatoms. The standard InChI is InChI=1S/C26H35NO5S.H3NO/c1-4-31-25(28)26(15-17-27(18-16-26)20-22-8-6-5-7-9-22)33(29,30)24-12-10-23(11-13-24)32-19-14-21(2)3;1-2/h5-13,21H,4,14-20H2,1-3H3;2H,1H2. The van der Waals surface area contributed by atoms with Crippen molar-refractivity contribution < 1.29 is 27.9 Å². The number of piperidine rings is 1. The van der Waals surface area contributed by atoms with Gasteiger partial charge >= 0.3 is 5.97 Å². The zero-order valence-electron chi connectivity index (χ0n) is 20.9. The molecule has 2 aromatic carbocycles. The Morgan fingerprint density at radius 1 is 1.06 bits per heavy atom. The maximum atomic E-state index is 13.7. The van der Waals surface area contributed by atoms with Crippen LogP contribution in [-0.2, 0) is 25.9 Å². The zero-order valence-corrected chi connectivity index (χ0v) is 21.7. The van der Waals surface area contributed by atoms with Gasteiger partial charge in [-0.1, -0.05) is 44.2 Å². The molecule has 0 unspecified atom stereocenters. The quantitative estimate of drug-likeness (QED) is 0.369. The van der Waals surface area contributed by atoms with Crippen LogP contribution >= 0.6 is 0 Å². The van der Waals surface area contributed by atoms with Crippen molar-refractivity contribution in [1.82, 2.24) is 4.90 Å². The molecule has 194 valence electrons. The fourth-order valence-corrected chi connectivity index (χ4v) is 6.06. The van der Waals surface area contributed by atoms with Crippen molar-refractivity contribution in [2.45, 2.75) is 56.2 Å². The molecule has 8 nitrogen and oxygen atoms in total. The van der Waals surface area contributed by atoms with E-state index < -0.39 is 20.6 Å². The Morgan fingerprint density at radius 2 is 1.66 bits per heavy atom. The minimum atomic E-state index is -3.95. The van der Waals surface area contributed by atoms with E-state index in [0.29, 0.717) is 31.4 Å². The number of benzene rings is 2. The Bertz CT molecular complexity index is 1000. The maximum absolute atomic E-state index is 13.7. The summed E-state index contributed by atoms with van der Waals surface area (Å²) < 4.78 is 36.9. The molecule has 35 heavy (non-hydrogen) atoms. The van der Waals surface area contributed by atoms with Gasteiger partial charge < -0.3 is 14.7 Å². The SMILES string of the molecule is CCOC(=O)C1(S(=O)(=O)c2ccc(OCCC(C)C)cc2)CCN(Cc2ccccc2)CC1.NO. The summed E-state index contributed by atoms with van der Waals surface area (Å²) in [6.45, 7) is 8.40. The molecule has 0 radical (unpaired) electrons. The maximum Gasteiger partial charge on any atom is 0.327 e. The zero-order chi connectivity index (χ0) is 25.9. The summed E-state index contributed by atoms with van der Waals surface area (Å²) in [6, 6.07) is 16.5. The smallest absolute Gasteiger partial charge is 0.327 e. The molecule has 0 amide bonds. The molecule has 0 saturated carbocycles. The van der Waals surface area contributed by atoms with Gasteiger partial charge in [-0.25, -0.2) is 14.3 Å². The van der Waals surface area contributed by atoms with Gasteiger partial charge in [-0.15, -0.1) is 0 Å². The molecule has 1 fully saturated rings. The van der Waals surface area contributed by atoms with Crippen LogP contribution in [0, 0.1) is 5.92 Å². The molecule has 1 aliphatic heterocycles. The lowest BCUT2D eigenvalue weighted by Gasteiger charge is -2.39. The van der Waals surface area contributed by atoms with Gasteiger partial charge in [0.1, 0.15) is 5.75 Å². The molecular formula is C26H38N2O6S. The van der Waals surface area contributed by atoms with Crippen LogP contribution in [0.4, 0.5) is 0 Å². The monoisotopic (exact) mass is 506 g/mol. The molecule has 3 N–H and O–H groups in total. The molecule has 1 saturated heterocycles. The van der Waals surface area contributed by atoms with E-state index >= 15 is 0 Å². The van der Waals surface area contributed by atoms with Crippen molar-refractivity contribution in [2.75, 3.05) is 26.3 Å². The van der Waals surface area contributed by atoms with E-state index in [0.717, 1.165) is 18.5 Å². The molecule has 0 aromatic heterocycles. The normalized spacial score (nSPS) is 15.7. The highest BCUT2D eigenvalue weighted by atomic mass is 32.2. The summed E-state index contributed by atoms with van der Waals surface area (Å²) in [5.41, 5.74) is 1.16. The number of nitrogens with two attached hydrogens (primary N) is 1. The van der Waals surface area contributed by atoms with Gasteiger partial charge in [0.05, 0.1) is 18.1 Å². The Kier molecular flexibility index (Phi) is 11.2. The third-order valence-electron chi connectivity index (χ3n) is 6.17. The number of likely N-dealkylation sites (tertiary alicyclic amines) is 1. The average Bonchev–Trinajstić information content (AvgIpc) is 2.86. The van der Waals surface area contributed by atoms with E-state index in [2.05, 4.69) is 36.8 Å². The predicted molar refractivity (Wildman–Crippen MR) is 135 cm³/mol. The number of rotatable bonds is 10. The van der Waals surface area contributed by atoms with Gasteiger partial charge in [0.15, 0.2) is 14.6 Å². The van der Waals surface area contributed by atoms with Gasteiger partial charge in [-0.3, -0.25) is 9.69 Å². The highest BCUT2D eigenvalue weighted by molar-refractivity contribution is 7.93. The molecular weight excluding hydrogens is 468 g/mol. The van der Waals surface area contributed by atoms with E-state index in [4.69, 9.17) is 14.7 Å². The second-order valence-corrected chi connectivity index (χ2v) is 11.2. The van der Waals surface area contributed by atoms with Crippen LogP contribution in [0.2, 0.25) is 0 Å². The largest absolute Gasteiger partial charge is 0.494 e. The van der Waals surface area contributed by atoms with E-state index in [9.17, 15) is 13.2 Å². The van der Waals surface area contributed by atoms with Crippen molar-refractivity contribution in [1.29, 1.82) is 0 Å². The van der Waals surface area contributed by atoms with Crippen molar-refractivity contribution in [3.8, 4) is 5.75 Å². The van der Waals surface area contributed by atoms with Crippen LogP contribution in [0.1, 0.15) is 45.6 Å². The van der Waals surface area contributed by atoms with Crippen molar-refractivity contribution in [3.05, 3.63) is 60.2 Å². The summed E-state index contributed by atoms with van der Waals surface area (Å²) in [4.78, 5) is 15.3. The highest BCUT2D eigenvalue weighted by Crippen LogP contribution is 2.37. The number of carbonyl (C=O) groups excluding carboxylic acids is 1. The molecule has 0 atom stereocenters. The fourth-order valence-electron chi connectivity index (χ4n) is 4.11. The first kappa shape index (κ1) is 28.8. The highest BCUT2D eigenvalue weighted by Gasteiger charge is 2.54. The topological polar surface area (TPSA) is 119 Å². The Balaban J connectivity index is 0.00000210. The summed E-state index contributed by atoms with van der Waals surface area (Å²) in [7, 11) is -3.95. The molecule has 1 aliphatic rings. The number of hydrogen-bond donors (Lipinski definition) is 2. The average molecular weight is 507 g/mol. The predicted octanol–water partition coefficient (Wildman–Crippen LogP) is 3.82. The van der Waals surface area contributed by atoms with Crippen molar-refractivity contribution in [2.24, 2.45) is 11.8 Å². The van der Waals surface area contributed by atoms with Crippen LogP contribution in [0.15, 0.2) is 59.5 Å². The molecule has 0 spiro atoms. The van der Waals surface area contributed by atoms with E-state index in [-0.39, 0.29) is 24.3 Å². The number of esters is 1. The van der Waals surface area contributed by atoms with Crippen LogP contribution in [-0.4, -0.2) is 55.5 Å². The third kappa shape index (κ3) is 7.27. The lowest BCUT2D eigenvalue weighted by atomic mass is 9.95. The van der Waals surface area contributed by atoms with Crippen LogP contribution in [0.25, 0.3) is 0 Å². The second-order valence-electron chi connectivity index (χ2n) is 8.98. The number of ether oxygens (including phenoxy) is 2. The second kappa shape index (κ2) is 13.6. The molecule has 0 bridgehead atoms. The summed E-state index contributed by atoms with van der Waals surface area (Å²) in [6.07, 6.45) is 1.33. The molecule has 3 rings (SSSR count). The number of nitrogens with zero attached hydrogens (tertiary/aromatic N) is 1. The first-order chi connectivity index (χ1) is 16.8. The van der Waals surface area contributed by atoms with Crippen LogP contribution < -0.4 is 10.6 Å². The van der Waals surface area contributed by atoms with Gasteiger partial charge in [0, 0.05) is 19.6 Å². The lowest BCUT2D eigenvalue weighted by molar-refractivity contribution is -0.147. The molecule has 1 heterocycles. The number of sulfone groups is 1. The van der Waals surface area contributed by atoms with Crippen LogP contribution in [0.5, 0.6) is 5.75 Å². The summed E-state index contributed by atoms with van der Waals surface area (Å²) in [5.74, 6) is 4.00. The van der Waals surface area contributed by atoms with E-state index in [1.54, 1.807) is 19.1 Å². The number of hydrogen-bond acceptors (Lipinski definition) is 8. The summed E-state index contributed by atoms with van der Waals surface area (Å²) >= 11 is 0. The summed E-state index contributed by atoms with van der Waals surface area (Å²) in [5, 5.41) is 6.50. The van der Waals surface area contributed by atoms with Crippen molar-refractivity contribution in [3.63, 3.8) is 0 Å². The van der Waals surface area contributed by atoms with Gasteiger partial charge in [0.2, 0.25) is 0 Å². The first-order valence-corrected chi connectivity index (χ1v) is 13.4. The van der Waals surface area contributed by atoms with E-state index in [1.165, 1.54) is 12.1 Å². The molecule has 2 aromatic rings. The lowest BCUT2D eigenvalue weighted by Crippen LogP contribution is -2.54. The van der Waals surface area contributed by atoms with Gasteiger partial charge in [-0.05, 0) is 61.9 Å². The fraction of sp³-hybridized carbons (Fsp3) is 0.500. The first-order valence-electron chi connectivity index (χ1n) is 12.0. The van der Waals surface area contributed by atoms with E-state index in [1.807, 2.05) is 18.2 Å². The van der Waals surface area contributed by atoms with Crippen LogP contribution in [0.3, 0.4) is 0 Å². The van der Waals surface area contributed by atoms with Crippen molar-refractivity contribution >= 4 is 15.8 Å². The Labute approximate surface area is 208 Å². The minimum Gasteiger partial charge on any atom is -0.494 e. The minimum absolute atomic E-state index is 0.128. The van der Waals surface area contributed by atoms with Gasteiger partial charge in [-0.2, -0.15) is 0 Å². The number of carbonyl (C=O) groups is 1.